The molecule has 5 nitrogen and oxygen atoms in total. The third kappa shape index (κ3) is 2.89. The maximum atomic E-state index is 12.3. The van der Waals surface area contributed by atoms with Crippen molar-refractivity contribution in [1.82, 2.24) is 5.06 Å². The van der Waals surface area contributed by atoms with Crippen molar-refractivity contribution in [3.8, 4) is 0 Å². The van der Waals surface area contributed by atoms with Gasteiger partial charge in [0.15, 0.2) is 0 Å². The molecule has 2 heterocycles. The summed E-state index contributed by atoms with van der Waals surface area (Å²) in [5.41, 5.74) is 0.518. The van der Waals surface area contributed by atoms with E-state index in [4.69, 9.17) is 14.3 Å². The molecule has 0 saturated carbocycles. The lowest BCUT2D eigenvalue weighted by Crippen LogP contribution is -2.40. The van der Waals surface area contributed by atoms with Gasteiger partial charge in [-0.05, 0) is 26.3 Å². The van der Waals surface area contributed by atoms with Crippen molar-refractivity contribution < 1.29 is 19.1 Å². The van der Waals surface area contributed by atoms with Gasteiger partial charge in [0.05, 0.1) is 19.3 Å². The van der Waals surface area contributed by atoms with Crippen molar-refractivity contribution in [2.75, 3.05) is 13.2 Å². The second-order valence-corrected chi connectivity index (χ2v) is 6.51. The van der Waals surface area contributed by atoms with E-state index in [0.717, 1.165) is 5.56 Å². The van der Waals surface area contributed by atoms with Crippen molar-refractivity contribution in [3.05, 3.63) is 35.9 Å². The minimum atomic E-state index is -0.541. The molecular weight excluding hydrogens is 270 g/mol. The summed E-state index contributed by atoms with van der Waals surface area (Å²) in [6.45, 7) is 6.63. The van der Waals surface area contributed by atoms with Crippen molar-refractivity contribution in [2.24, 2.45) is 5.92 Å². The van der Waals surface area contributed by atoms with Crippen molar-refractivity contribution in [1.29, 1.82) is 0 Å². The molecule has 0 aliphatic carbocycles. The highest BCUT2D eigenvalue weighted by Gasteiger charge is 2.50. The van der Waals surface area contributed by atoms with Crippen LogP contribution in [0.4, 0.5) is 4.79 Å². The molecule has 3 rings (SSSR count). The first-order chi connectivity index (χ1) is 9.96. The lowest BCUT2D eigenvalue weighted by Gasteiger charge is -2.26. The molecule has 0 aromatic heterocycles. The zero-order valence-corrected chi connectivity index (χ0v) is 12.6. The predicted octanol–water partition coefficient (Wildman–Crippen LogP) is 2.93. The number of fused-ring (bicyclic) bond motifs is 1. The average molecular weight is 291 g/mol. The van der Waals surface area contributed by atoms with E-state index in [-0.39, 0.29) is 18.1 Å². The van der Waals surface area contributed by atoms with Gasteiger partial charge < -0.3 is 9.47 Å². The van der Waals surface area contributed by atoms with Gasteiger partial charge in [-0.3, -0.25) is 4.84 Å². The fourth-order valence-corrected chi connectivity index (χ4v) is 2.81. The number of hydrogen-bond donors (Lipinski definition) is 0. The van der Waals surface area contributed by atoms with Crippen LogP contribution >= 0.6 is 0 Å². The Morgan fingerprint density at radius 2 is 1.95 bits per heavy atom. The largest absolute Gasteiger partial charge is 0.442 e. The average Bonchev–Trinajstić information content (AvgIpc) is 2.98. The number of ether oxygens (including phenoxy) is 2. The molecule has 1 aromatic rings. The van der Waals surface area contributed by atoms with Crippen molar-refractivity contribution in [3.63, 3.8) is 0 Å². The molecule has 2 aliphatic rings. The van der Waals surface area contributed by atoms with Gasteiger partial charge in [0.25, 0.3) is 0 Å². The van der Waals surface area contributed by atoms with Gasteiger partial charge in [0.2, 0.25) is 0 Å². The summed E-state index contributed by atoms with van der Waals surface area (Å²) in [4.78, 5) is 18.2. The SMILES string of the molecule is CC(C)(C)OC(=O)N1O[C@@H](c2ccccc2)[C@@H]2COC[C@@H]21. The summed E-state index contributed by atoms with van der Waals surface area (Å²) < 4.78 is 11.0. The number of carbonyl (C=O) groups is 1. The summed E-state index contributed by atoms with van der Waals surface area (Å²) in [6.07, 6.45) is -0.604. The molecule has 5 heteroatoms. The highest BCUT2D eigenvalue weighted by atomic mass is 16.8. The van der Waals surface area contributed by atoms with Crippen LogP contribution in [0.5, 0.6) is 0 Å². The highest BCUT2D eigenvalue weighted by Crippen LogP contribution is 2.42. The van der Waals surface area contributed by atoms with Gasteiger partial charge >= 0.3 is 6.09 Å². The molecule has 2 saturated heterocycles. The maximum absolute atomic E-state index is 12.3. The lowest BCUT2D eigenvalue weighted by molar-refractivity contribution is -0.161. The lowest BCUT2D eigenvalue weighted by atomic mass is 9.93. The number of amides is 1. The Kier molecular flexibility index (Phi) is 3.63. The molecule has 21 heavy (non-hydrogen) atoms. The van der Waals surface area contributed by atoms with Crippen LogP contribution in [0, 0.1) is 5.92 Å². The number of carbonyl (C=O) groups excluding carboxylic acids is 1. The first-order valence-electron chi connectivity index (χ1n) is 7.27. The number of hydroxylamine groups is 2. The minimum Gasteiger partial charge on any atom is -0.442 e. The quantitative estimate of drug-likeness (QED) is 0.798. The molecule has 2 aliphatic heterocycles. The van der Waals surface area contributed by atoms with E-state index >= 15 is 0 Å². The van der Waals surface area contributed by atoms with E-state index in [1.807, 2.05) is 51.1 Å². The van der Waals surface area contributed by atoms with Crippen molar-refractivity contribution >= 4 is 6.09 Å². The van der Waals surface area contributed by atoms with Gasteiger partial charge in [-0.2, -0.15) is 5.06 Å². The summed E-state index contributed by atoms with van der Waals surface area (Å²) in [5, 5.41) is 1.36. The number of rotatable bonds is 1. The van der Waals surface area contributed by atoms with E-state index in [1.165, 1.54) is 5.06 Å². The Hall–Kier alpha value is -1.59. The summed E-state index contributed by atoms with van der Waals surface area (Å²) in [6, 6.07) is 9.86. The van der Waals surface area contributed by atoms with Gasteiger partial charge in [0.1, 0.15) is 11.7 Å². The third-order valence-corrected chi connectivity index (χ3v) is 3.71. The van der Waals surface area contributed by atoms with E-state index in [9.17, 15) is 4.79 Å². The molecule has 114 valence electrons. The van der Waals surface area contributed by atoms with Crippen LogP contribution in [0.3, 0.4) is 0 Å². The zero-order valence-electron chi connectivity index (χ0n) is 12.6. The smallest absolute Gasteiger partial charge is 0.434 e. The second-order valence-electron chi connectivity index (χ2n) is 6.51. The molecule has 3 atom stereocenters. The predicted molar refractivity (Wildman–Crippen MR) is 76.4 cm³/mol. The first-order valence-corrected chi connectivity index (χ1v) is 7.27. The van der Waals surface area contributed by atoms with E-state index < -0.39 is 11.7 Å². The Balaban J connectivity index is 1.80. The molecule has 2 fully saturated rings. The molecule has 0 unspecified atom stereocenters. The van der Waals surface area contributed by atoms with Gasteiger partial charge in [0, 0.05) is 5.92 Å². The Labute approximate surface area is 124 Å². The Bertz CT molecular complexity index is 511. The molecule has 0 spiro atoms. The fraction of sp³-hybridized carbons (Fsp3) is 0.562. The third-order valence-electron chi connectivity index (χ3n) is 3.71. The fourth-order valence-electron chi connectivity index (χ4n) is 2.81. The standard InChI is InChI=1S/C16H21NO4/c1-16(2,3)20-15(18)17-13-10-19-9-12(13)14(21-17)11-7-5-4-6-8-11/h4-8,12-14H,9-10H2,1-3H3/t12-,13+,14+/m1/s1. The van der Waals surface area contributed by atoms with Crippen LogP contribution in [-0.2, 0) is 14.3 Å². The molecular formula is C16H21NO4. The molecule has 0 radical (unpaired) electrons. The summed E-state index contributed by atoms with van der Waals surface area (Å²) >= 11 is 0. The monoisotopic (exact) mass is 291 g/mol. The van der Waals surface area contributed by atoms with Crippen LogP contribution in [0.15, 0.2) is 30.3 Å². The van der Waals surface area contributed by atoms with Crippen LogP contribution in [0.25, 0.3) is 0 Å². The molecule has 0 N–H and O–H groups in total. The topological polar surface area (TPSA) is 48.0 Å². The molecule has 1 aromatic carbocycles. The van der Waals surface area contributed by atoms with E-state index in [0.29, 0.717) is 13.2 Å². The van der Waals surface area contributed by atoms with Crippen LogP contribution in [0.1, 0.15) is 32.4 Å². The van der Waals surface area contributed by atoms with E-state index in [1.54, 1.807) is 0 Å². The van der Waals surface area contributed by atoms with Crippen molar-refractivity contribution in [2.45, 2.75) is 38.5 Å². The summed E-state index contributed by atoms with van der Waals surface area (Å²) in [5.74, 6) is 0.153. The Morgan fingerprint density at radius 1 is 1.24 bits per heavy atom. The maximum Gasteiger partial charge on any atom is 0.434 e. The van der Waals surface area contributed by atoms with E-state index in [2.05, 4.69) is 0 Å². The number of benzene rings is 1. The van der Waals surface area contributed by atoms with Crippen LogP contribution in [-0.4, -0.2) is 36.0 Å². The second kappa shape index (κ2) is 5.31. The van der Waals surface area contributed by atoms with Crippen LogP contribution < -0.4 is 0 Å². The highest BCUT2D eigenvalue weighted by molar-refractivity contribution is 5.67. The zero-order chi connectivity index (χ0) is 15.0. The number of hydrogen-bond acceptors (Lipinski definition) is 4. The Morgan fingerprint density at radius 3 is 2.62 bits per heavy atom. The first kappa shape index (κ1) is 14.4. The summed E-state index contributed by atoms with van der Waals surface area (Å²) in [7, 11) is 0. The van der Waals surface area contributed by atoms with Gasteiger partial charge in [-0.15, -0.1) is 0 Å². The normalized spacial score (nSPS) is 28.5. The van der Waals surface area contributed by atoms with Gasteiger partial charge in [-0.1, -0.05) is 30.3 Å². The molecule has 0 bridgehead atoms. The number of nitrogens with zero attached hydrogens (tertiary/aromatic N) is 1. The molecule has 1 amide bonds. The van der Waals surface area contributed by atoms with Crippen LogP contribution in [0.2, 0.25) is 0 Å². The minimum absolute atomic E-state index is 0.0787. The van der Waals surface area contributed by atoms with Gasteiger partial charge in [-0.25, -0.2) is 4.79 Å².